The average Bonchev–Trinajstić information content (AvgIpc) is 3.46. The van der Waals surface area contributed by atoms with Crippen LogP contribution < -0.4 is 26.2 Å². The Balaban J connectivity index is 1.13. The van der Waals surface area contributed by atoms with Gasteiger partial charge in [0.05, 0.1) is 0 Å². The van der Waals surface area contributed by atoms with E-state index in [1.807, 2.05) is 0 Å². The lowest BCUT2D eigenvalue weighted by molar-refractivity contribution is 0.411. The summed E-state index contributed by atoms with van der Waals surface area (Å²) in [6.07, 6.45) is 13.9. The molecule has 9 aromatic carbocycles. The van der Waals surface area contributed by atoms with Crippen LogP contribution in [0.1, 0.15) is 114 Å². The predicted octanol–water partition coefficient (Wildman–Crippen LogP) is 18.1. The van der Waals surface area contributed by atoms with Crippen molar-refractivity contribution in [1.29, 1.82) is 0 Å². The largest absolute Gasteiger partial charge is 0.311 e. The second-order valence-corrected chi connectivity index (χ2v) is 23.2. The fourth-order valence-electron chi connectivity index (χ4n) is 13.4. The van der Waals surface area contributed by atoms with Gasteiger partial charge in [-0.05, 0) is 188 Å². The number of benzene rings is 9. The van der Waals surface area contributed by atoms with Crippen molar-refractivity contribution >= 4 is 57.2 Å². The summed E-state index contributed by atoms with van der Waals surface area (Å²) >= 11 is 0. The second-order valence-electron chi connectivity index (χ2n) is 23.2. The highest BCUT2D eigenvalue weighted by atomic mass is 15.2. The fraction of sp³-hybridized carbons (Fsp3) is 0.239. The van der Waals surface area contributed by atoms with E-state index in [9.17, 15) is 0 Å². The maximum atomic E-state index is 2.71. The highest BCUT2D eigenvalue weighted by Gasteiger charge is 2.44. The summed E-state index contributed by atoms with van der Waals surface area (Å²) in [4.78, 5) is 5.41. The van der Waals surface area contributed by atoms with Crippen LogP contribution in [0.4, 0.5) is 34.1 Å². The molecule has 0 spiro atoms. The van der Waals surface area contributed by atoms with E-state index in [0.29, 0.717) is 11.8 Å². The highest BCUT2D eigenvalue weighted by Crippen LogP contribution is 2.49. The van der Waals surface area contributed by atoms with E-state index in [1.165, 1.54) is 176 Å². The number of nitrogens with zero attached hydrogens (tertiary/aromatic N) is 2. The Bertz CT molecular complexity index is 3140. The third kappa shape index (κ3) is 8.89. The van der Waals surface area contributed by atoms with Gasteiger partial charge < -0.3 is 9.80 Å². The van der Waals surface area contributed by atoms with Crippen LogP contribution in [0.15, 0.2) is 206 Å². The molecule has 0 bridgehead atoms. The first-order chi connectivity index (χ1) is 36.3. The highest BCUT2D eigenvalue weighted by molar-refractivity contribution is 7.00. The summed E-state index contributed by atoms with van der Waals surface area (Å²) in [5, 5.41) is 0. The zero-order chi connectivity index (χ0) is 49.8. The lowest BCUT2D eigenvalue weighted by Gasteiger charge is -2.45. The van der Waals surface area contributed by atoms with Crippen molar-refractivity contribution in [3.05, 3.63) is 223 Å². The molecule has 9 aromatic rings. The van der Waals surface area contributed by atoms with E-state index in [2.05, 4.69) is 237 Å². The third-order valence-corrected chi connectivity index (χ3v) is 16.8. The number of rotatable bonds is 9. The Morgan fingerprint density at radius 3 is 1.05 bits per heavy atom. The van der Waals surface area contributed by atoms with Crippen molar-refractivity contribution in [3.8, 4) is 44.5 Å². The number of anilines is 6. The van der Waals surface area contributed by atoms with Gasteiger partial charge >= 0.3 is 0 Å². The van der Waals surface area contributed by atoms with Crippen LogP contribution in [0.5, 0.6) is 0 Å². The number of fused-ring (bicyclic) bond motifs is 4. The zero-order valence-electron chi connectivity index (χ0n) is 43.5. The molecule has 2 saturated carbocycles. The van der Waals surface area contributed by atoms with Gasteiger partial charge in [-0.1, -0.05) is 205 Å². The van der Waals surface area contributed by atoms with E-state index < -0.39 is 0 Å². The summed E-state index contributed by atoms with van der Waals surface area (Å²) in [5.41, 5.74) is 26.0. The van der Waals surface area contributed by atoms with Crippen molar-refractivity contribution in [3.63, 3.8) is 0 Å². The molecule has 0 atom stereocenters. The van der Waals surface area contributed by atoms with Crippen molar-refractivity contribution in [2.75, 3.05) is 9.80 Å². The summed E-state index contributed by atoms with van der Waals surface area (Å²) in [6, 6.07) is 79.4. The maximum Gasteiger partial charge on any atom is 0.252 e. The SMILES string of the molecule is CC(C)(C)Cc1cc2c3c(c1)N(c1cc(-c4ccccc4)cc(-c4ccccc4)c1)c1cc(C4CCCCC4)ccc1B3c1ccc(C3CCCCC3)cc1N2c1cc(-c2ccccc2)cc(-c2ccccc2)c1. The Kier molecular flexibility index (Phi) is 12.2. The smallest absolute Gasteiger partial charge is 0.252 e. The van der Waals surface area contributed by atoms with Gasteiger partial charge in [-0.2, -0.15) is 0 Å². The molecule has 13 rings (SSSR count). The first-order valence-electron chi connectivity index (χ1n) is 27.9. The quantitative estimate of drug-likeness (QED) is 0.133. The van der Waals surface area contributed by atoms with Crippen molar-refractivity contribution in [2.45, 2.75) is 103 Å². The monoisotopic (exact) mass is 959 g/mol. The minimum Gasteiger partial charge on any atom is -0.311 e. The molecule has 2 nitrogen and oxygen atoms in total. The molecule has 4 aliphatic rings. The first kappa shape index (κ1) is 46.4. The predicted molar refractivity (Wildman–Crippen MR) is 317 cm³/mol. The Morgan fingerprint density at radius 1 is 0.365 bits per heavy atom. The molecular weight excluding hydrogens is 892 g/mol. The minimum atomic E-state index is 0.0406. The molecule has 2 fully saturated rings. The van der Waals surface area contributed by atoms with Gasteiger partial charge in [0.1, 0.15) is 0 Å². The molecule has 0 saturated heterocycles. The third-order valence-electron chi connectivity index (χ3n) is 16.8. The van der Waals surface area contributed by atoms with Crippen LogP contribution in [-0.4, -0.2) is 6.71 Å². The molecule has 2 heterocycles. The van der Waals surface area contributed by atoms with E-state index in [1.54, 1.807) is 0 Å². The average molecular weight is 959 g/mol. The number of hydrogen-bond donors (Lipinski definition) is 0. The standard InChI is InChI=1S/C71H67BN2/c1-71(2,3)48-49-38-68-70-69(39-49)74(63-44-60(54-30-18-8-19-31-54)41-61(45-63)55-32-20-9-21-33-55)67-47-57(51-24-12-5-13-25-51)35-37-65(67)72(70)64-36-34-56(50-22-10-4-11-23-50)46-66(64)73(68)62-42-58(52-26-14-6-15-27-52)40-59(43-62)53-28-16-7-17-29-53/h6-9,14-21,26-47,50-51H,4-5,10-13,22-25,48H2,1-3H3. The van der Waals surface area contributed by atoms with Gasteiger partial charge in [-0.3, -0.25) is 0 Å². The van der Waals surface area contributed by atoms with Crippen molar-refractivity contribution < 1.29 is 0 Å². The van der Waals surface area contributed by atoms with Gasteiger partial charge in [0.25, 0.3) is 6.71 Å². The van der Waals surface area contributed by atoms with E-state index in [0.717, 1.165) is 6.42 Å². The molecule has 0 aromatic heterocycles. The van der Waals surface area contributed by atoms with Crippen LogP contribution >= 0.6 is 0 Å². The molecule has 74 heavy (non-hydrogen) atoms. The normalized spacial score (nSPS) is 15.6. The van der Waals surface area contributed by atoms with Gasteiger partial charge in [-0.15, -0.1) is 0 Å². The fourth-order valence-corrected chi connectivity index (χ4v) is 13.4. The molecule has 2 aliphatic carbocycles. The van der Waals surface area contributed by atoms with Crippen LogP contribution in [0.2, 0.25) is 0 Å². The summed E-state index contributed by atoms with van der Waals surface area (Å²) in [7, 11) is 0. The van der Waals surface area contributed by atoms with Crippen molar-refractivity contribution in [1.82, 2.24) is 0 Å². The number of hydrogen-bond acceptors (Lipinski definition) is 2. The van der Waals surface area contributed by atoms with Gasteiger partial charge in [0.2, 0.25) is 0 Å². The lowest BCUT2D eigenvalue weighted by Crippen LogP contribution is -2.61. The zero-order valence-corrected chi connectivity index (χ0v) is 43.5. The summed E-state index contributed by atoms with van der Waals surface area (Å²) in [6.45, 7) is 7.25. The first-order valence-corrected chi connectivity index (χ1v) is 27.9. The molecule has 0 unspecified atom stereocenters. The molecule has 0 radical (unpaired) electrons. The molecule has 0 N–H and O–H groups in total. The van der Waals surface area contributed by atoms with Crippen molar-refractivity contribution in [2.24, 2.45) is 5.41 Å². The van der Waals surface area contributed by atoms with Crippen LogP contribution in [0.3, 0.4) is 0 Å². The van der Waals surface area contributed by atoms with E-state index in [-0.39, 0.29) is 12.1 Å². The van der Waals surface area contributed by atoms with E-state index >= 15 is 0 Å². The second kappa shape index (κ2) is 19.5. The maximum absolute atomic E-state index is 2.71. The topological polar surface area (TPSA) is 6.48 Å². The molecular formula is C71H67BN2. The molecule has 2 aliphatic heterocycles. The van der Waals surface area contributed by atoms with Gasteiger partial charge in [-0.25, -0.2) is 0 Å². The van der Waals surface area contributed by atoms with Crippen LogP contribution in [-0.2, 0) is 6.42 Å². The van der Waals surface area contributed by atoms with Crippen LogP contribution in [0.25, 0.3) is 44.5 Å². The summed E-state index contributed by atoms with van der Waals surface area (Å²) in [5.74, 6) is 1.14. The molecule has 0 amide bonds. The van der Waals surface area contributed by atoms with Crippen LogP contribution in [0, 0.1) is 5.41 Å². The lowest BCUT2D eigenvalue weighted by atomic mass is 9.33. The Hall–Kier alpha value is -7.36. The van der Waals surface area contributed by atoms with E-state index in [4.69, 9.17) is 0 Å². The van der Waals surface area contributed by atoms with Gasteiger partial charge in [0.15, 0.2) is 0 Å². The Labute approximate surface area is 440 Å². The van der Waals surface area contributed by atoms with Gasteiger partial charge in [0, 0.05) is 34.1 Å². The minimum absolute atomic E-state index is 0.0406. The summed E-state index contributed by atoms with van der Waals surface area (Å²) < 4.78 is 0. The Morgan fingerprint density at radius 2 is 0.716 bits per heavy atom. The molecule has 364 valence electrons. The molecule has 3 heteroatoms.